The Hall–Kier alpha value is -2.16. The zero-order chi connectivity index (χ0) is 18.6. The third-order valence-corrected chi connectivity index (χ3v) is 3.35. The smallest absolute Gasteiger partial charge is 0.303 e. The third-order valence-electron chi connectivity index (χ3n) is 3.35. The molecule has 0 saturated carbocycles. The predicted molar refractivity (Wildman–Crippen MR) is 106 cm³/mol. The van der Waals surface area contributed by atoms with E-state index >= 15 is 0 Å². The number of carbonyl (C=O) groups excluding carboxylic acids is 1. The van der Waals surface area contributed by atoms with Crippen LogP contribution in [-0.2, 0) is 9.59 Å². The fraction of sp³-hybridized carbons (Fsp3) is 0.455. The van der Waals surface area contributed by atoms with E-state index in [2.05, 4.69) is 43.4 Å². The van der Waals surface area contributed by atoms with Crippen LogP contribution in [0.3, 0.4) is 0 Å². The van der Waals surface area contributed by atoms with E-state index < -0.39 is 5.97 Å². The molecule has 25 heavy (non-hydrogen) atoms. The van der Waals surface area contributed by atoms with Crippen molar-refractivity contribution in [3.63, 3.8) is 0 Å². The molecule has 0 aromatic rings. The summed E-state index contributed by atoms with van der Waals surface area (Å²) in [5, 5.41) is 8.49. The van der Waals surface area contributed by atoms with E-state index in [0.29, 0.717) is 25.0 Å². The van der Waals surface area contributed by atoms with Gasteiger partial charge in [0.1, 0.15) is 5.78 Å². The molecule has 0 bridgehead atoms. The van der Waals surface area contributed by atoms with E-state index in [1.54, 1.807) is 0 Å². The van der Waals surface area contributed by atoms with Crippen LogP contribution < -0.4 is 0 Å². The molecule has 0 radical (unpaired) electrons. The summed E-state index contributed by atoms with van der Waals surface area (Å²) in [4.78, 5) is 21.9. The van der Waals surface area contributed by atoms with Crippen molar-refractivity contribution in [2.75, 3.05) is 0 Å². The first-order valence-electron chi connectivity index (χ1n) is 9.15. The highest BCUT2D eigenvalue weighted by Gasteiger charge is 1.95. The molecule has 0 saturated heterocycles. The molecule has 0 unspecified atom stereocenters. The lowest BCUT2D eigenvalue weighted by Gasteiger charge is -1.93. The van der Waals surface area contributed by atoms with Gasteiger partial charge in [-0.15, -0.1) is 0 Å². The third kappa shape index (κ3) is 19.8. The first kappa shape index (κ1) is 22.8. The van der Waals surface area contributed by atoms with E-state index in [1.807, 2.05) is 24.3 Å². The first-order chi connectivity index (χ1) is 12.2. The fourth-order valence-corrected chi connectivity index (χ4v) is 1.98. The van der Waals surface area contributed by atoms with Crippen molar-refractivity contribution >= 4 is 11.8 Å². The maximum absolute atomic E-state index is 11.6. The van der Waals surface area contributed by atoms with Crippen LogP contribution in [0.5, 0.6) is 0 Å². The number of rotatable bonds is 15. The molecule has 0 aliphatic rings. The number of ketones is 1. The number of carbonyl (C=O) groups is 2. The molecular formula is C22H32O3. The molecule has 0 amide bonds. The van der Waals surface area contributed by atoms with Gasteiger partial charge in [0, 0.05) is 19.3 Å². The summed E-state index contributed by atoms with van der Waals surface area (Å²) < 4.78 is 0. The van der Waals surface area contributed by atoms with Crippen molar-refractivity contribution in [3.8, 4) is 0 Å². The Kier molecular flexibility index (Phi) is 16.6. The lowest BCUT2D eigenvalue weighted by molar-refractivity contribution is -0.136. The van der Waals surface area contributed by atoms with E-state index in [-0.39, 0.29) is 6.42 Å². The molecule has 0 aromatic heterocycles. The molecule has 0 aromatic carbocycles. The second kappa shape index (κ2) is 18.2. The summed E-state index contributed by atoms with van der Waals surface area (Å²) in [6.45, 7) is 2.09. The van der Waals surface area contributed by atoms with Gasteiger partial charge in [-0.2, -0.15) is 0 Å². The van der Waals surface area contributed by atoms with Crippen LogP contribution in [0, 0.1) is 0 Å². The number of carboxylic acids is 1. The minimum atomic E-state index is -0.757. The van der Waals surface area contributed by atoms with E-state index in [9.17, 15) is 9.59 Å². The molecule has 0 spiro atoms. The monoisotopic (exact) mass is 344 g/mol. The first-order valence-corrected chi connectivity index (χ1v) is 9.15. The SMILES string of the molecule is CCC=CCCC(=O)CC=CCC=CCC=CCC=CCCC(=O)O. The molecule has 3 nitrogen and oxygen atoms in total. The Morgan fingerprint density at radius 1 is 0.680 bits per heavy atom. The van der Waals surface area contributed by atoms with Gasteiger partial charge in [-0.1, -0.05) is 67.7 Å². The summed E-state index contributed by atoms with van der Waals surface area (Å²) >= 11 is 0. The average Bonchev–Trinajstić information content (AvgIpc) is 2.58. The highest BCUT2D eigenvalue weighted by molar-refractivity contribution is 5.79. The highest BCUT2D eigenvalue weighted by Crippen LogP contribution is 2.00. The number of carboxylic acid groups (broad SMARTS) is 1. The molecule has 0 rings (SSSR count). The maximum atomic E-state index is 11.6. The Bertz CT molecular complexity index is 493. The fourth-order valence-electron chi connectivity index (χ4n) is 1.98. The van der Waals surface area contributed by atoms with Crippen LogP contribution in [0.2, 0.25) is 0 Å². The molecule has 0 heterocycles. The van der Waals surface area contributed by atoms with Gasteiger partial charge in [0.05, 0.1) is 0 Å². The molecule has 0 aliphatic carbocycles. The van der Waals surface area contributed by atoms with Crippen molar-refractivity contribution in [1.29, 1.82) is 0 Å². The second-order valence-corrected chi connectivity index (χ2v) is 5.69. The Morgan fingerprint density at radius 2 is 1.16 bits per heavy atom. The summed E-state index contributed by atoms with van der Waals surface area (Å²) in [7, 11) is 0. The predicted octanol–water partition coefficient (Wildman–Crippen LogP) is 5.95. The van der Waals surface area contributed by atoms with E-state index in [0.717, 1.165) is 32.1 Å². The number of hydrogen-bond donors (Lipinski definition) is 1. The topological polar surface area (TPSA) is 54.4 Å². The van der Waals surface area contributed by atoms with Gasteiger partial charge >= 0.3 is 5.97 Å². The van der Waals surface area contributed by atoms with Crippen LogP contribution in [0.1, 0.15) is 64.7 Å². The lowest BCUT2D eigenvalue weighted by Crippen LogP contribution is -1.93. The quantitative estimate of drug-likeness (QED) is 0.373. The summed E-state index contributed by atoms with van der Waals surface area (Å²) in [6, 6.07) is 0. The van der Waals surface area contributed by atoms with Gasteiger partial charge < -0.3 is 5.11 Å². The largest absolute Gasteiger partial charge is 0.481 e. The van der Waals surface area contributed by atoms with Gasteiger partial charge in [-0.3, -0.25) is 9.59 Å². The standard InChI is InChI=1S/C22H32O3/c1-2-3-4-15-18-21(23)19-16-13-11-9-7-5-6-8-10-12-14-17-20-22(24)25/h3-4,6-9,12-14,16H,2,5,10-11,15,17-20H2,1H3,(H,24,25). The molecule has 0 fully saturated rings. The Morgan fingerprint density at radius 3 is 1.72 bits per heavy atom. The van der Waals surface area contributed by atoms with Crippen molar-refractivity contribution in [2.24, 2.45) is 0 Å². The molecular weight excluding hydrogens is 312 g/mol. The molecule has 0 atom stereocenters. The molecule has 0 aliphatic heterocycles. The molecule has 138 valence electrons. The van der Waals surface area contributed by atoms with Gasteiger partial charge in [0.2, 0.25) is 0 Å². The van der Waals surface area contributed by atoms with Crippen LogP contribution in [-0.4, -0.2) is 16.9 Å². The van der Waals surface area contributed by atoms with Crippen LogP contribution >= 0.6 is 0 Å². The van der Waals surface area contributed by atoms with Gasteiger partial charge in [-0.05, 0) is 38.5 Å². The van der Waals surface area contributed by atoms with Gasteiger partial charge in [0.25, 0.3) is 0 Å². The van der Waals surface area contributed by atoms with Crippen LogP contribution in [0.15, 0.2) is 60.8 Å². The number of hydrogen-bond acceptors (Lipinski definition) is 2. The van der Waals surface area contributed by atoms with Crippen molar-refractivity contribution in [2.45, 2.75) is 64.7 Å². The lowest BCUT2D eigenvalue weighted by atomic mass is 10.1. The second-order valence-electron chi connectivity index (χ2n) is 5.69. The minimum Gasteiger partial charge on any atom is -0.481 e. The molecule has 1 N–H and O–H groups in total. The highest BCUT2D eigenvalue weighted by atomic mass is 16.4. The van der Waals surface area contributed by atoms with Crippen LogP contribution in [0.25, 0.3) is 0 Å². The van der Waals surface area contributed by atoms with Crippen molar-refractivity contribution < 1.29 is 14.7 Å². The van der Waals surface area contributed by atoms with Crippen LogP contribution in [0.4, 0.5) is 0 Å². The number of allylic oxidation sites excluding steroid dienone is 10. The normalized spacial score (nSPS) is 12.5. The van der Waals surface area contributed by atoms with Crippen molar-refractivity contribution in [3.05, 3.63) is 60.8 Å². The van der Waals surface area contributed by atoms with E-state index in [4.69, 9.17) is 5.11 Å². The minimum absolute atomic E-state index is 0.192. The zero-order valence-corrected chi connectivity index (χ0v) is 15.4. The maximum Gasteiger partial charge on any atom is 0.303 e. The Balaban J connectivity index is 3.58. The van der Waals surface area contributed by atoms with E-state index in [1.165, 1.54) is 0 Å². The number of Topliss-reactive ketones (excluding diaryl/α,β-unsaturated/α-hetero) is 1. The summed E-state index contributed by atoms with van der Waals surface area (Å²) in [5.74, 6) is -0.465. The van der Waals surface area contributed by atoms with Gasteiger partial charge in [0.15, 0.2) is 0 Å². The van der Waals surface area contributed by atoms with Gasteiger partial charge in [-0.25, -0.2) is 0 Å². The zero-order valence-electron chi connectivity index (χ0n) is 15.4. The Labute approximate surface area is 152 Å². The van der Waals surface area contributed by atoms with Crippen molar-refractivity contribution in [1.82, 2.24) is 0 Å². The average molecular weight is 344 g/mol. The summed E-state index contributed by atoms with van der Waals surface area (Å²) in [6.07, 6.45) is 26.8. The summed E-state index contributed by atoms with van der Waals surface area (Å²) in [5.41, 5.74) is 0. The number of aliphatic carboxylic acids is 1. The molecule has 3 heteroatoms.